The number of hydrogen-bond acceptors (Lipinski definition) is 7. The van der Waals surface area contributed by atoms with Crippen LogP contribution < -0.4 is 28.4 Å². The van der Waals surface area contributed by atoms with Crippen LogP contribution in [0.1, 0.15) is 30.4 Å². The Balaban J connectivity index is 1.93. The van der Waals surface area contributed by atoms with Crippen LogP contribution in [0.15, 0.2) is 24.3 Å². The lowest BCUT2D eigenvalue weighted by Crippen LogP contribution is -2.40. The molecule has 2 heterocycles. The Kier molecular flexibility index (Phi) is 4.63. The molecule has 0 radical (unpaired) electrons. The van der Waals surface area contributed by atoms with Crippen LogP contribution in [-0.2, 0) is 4.74 Å². The molecule has 0 aliphatic carbocycles. The van der Waals surface area contributed by atoms with Crippen LogP contribution in [0.3, 0.4) is 0 Å². The van der Waals surface area contributed by atoms with Gasteiger partial charge in [-0.05, 0) is 6.07 Å². The lowest BCUT2D eigenvalue weighted by Gasteiger charge is -2.39. The predicted octanol–water partition coefficient (Wildman–Crippen LogP) is 3.72. The molecule has 2 aliphatic heterocycles. The molecule has 4 rings (SSSR count). The maximum Gasteiger partial charge on any atom is 0.231 e. The molecular weight excluding hydrogens is 364 g/mol. The molecule has 7 heteroatoms. The molecule has 28 heavy (non-hydrogen) atoms. The van der Waals surface area contributed by atoms with Crippen LogP contribution in [0.5, 0.6) is 34.5 Å². The Morgan fingerprint density at radius 1 is 0.857 bits per heavy atom. The number of benzene rings is 2. The highest BCUT2D eigenvalue weighted by Crippen LogP contribution is 2.53. The fourth-order valence-corrected chi connectivity index (χ4v) is 3.81. The molecular formula is C21H24O7. The van der Waals surface area contributed by atoms with Crippen molar-refractivity contribution in [1.29, 1.82) is 0 Å². The average molecular weight is 388 g/mol. The van der Waals surface area contributed by atoms with E-state index in [0.29, 0.717) is 40.9 Å². The second-order valence-corrected chi connectivity index (χ2v) is 6.89. The van der Waals surface area contributed by atoms with Gasteiger partial charge < -0.3 is 33.2 Å². The topological polar surface area (TPSA) is 64.6 Å². The number of hydrogen-bond donors (Lipinski definition) is 0. The van der Waals surface area contributed by atoms with Crippen LogP contribution in [0.2, 0.25) is 0 Å². The van der Waals surface area contributed by atoms with Crippen molar-refractivity contribution in [2.24, 2.45) is 0 Å². The molecule has 0 N–H and O–H groups in total. The molecule has 0 spiro atoms. The van der Waals surface area contributed by atoms with Gasteiger partial charge in [0.1, 0.15) is 23.0 Å². The second-order valence-electron chi connectivity index (χ2n) is 6.89. The molecule has 2 aliphatic rings. The van der Waals surface area contributed by atoms with E-state index in [1.165, 1.54) is 0 Å². The minimum Gasteiger partial charge on any atom is -0.496 e. The Morgan fingerprint density at radius 2 is 1.50 bits per heavy atom. The van der Waals surface area contributed by atoms with E-state index in [-0.39, 0.29) is 12.7 Å². The van der Waals surface area contributed by atoms with E-state index >= 15 is 0 Å². The predicted molar refractivity (Wildman–Crippen MR) is 101 cm³/mol. The Bertz CT molecular complexity index is 870. The van der Waals surface area contributed by atoms with Gasteiger partial charge in [0.2, 0.25) is 12.6 Å². The van der Waals surface area contributed by atoms with Crippen molar-refractivity contribution in [1.82, 2.24) is 0 Å². The van der Waals surface area contributed by atoms with Crippen molar-refractivity contribution in [2.75, 3.05) is 35.2 Å². The summed E-state index contributed by atoms with van der Waals surface area (Å²) >= 11 is 0. The molecule has 2 aromatic rings. The van der Waals surface area contributed by atoms with Gasteiger partial charge in [-0.2, -0.15) is 0 Å². The Morgan fingerprint density at radius 3 is 2.07 bits per heavy atom. The fourth-order valence-electron chi connectivity index (χ4n) is 3.81. The third-order valence-corrected chi connectivity index (χ3v) is 5.31. The number of ether oxygens (including phenoxy) is 7. The summed E-state index contributed by atoms with van der Waals surface area (Å²) in [6, 6.07) is 7.51. The molecule has 2 aromatic carbocycles. The number of rotatable bonds is 5. The summed E-state index contributed by atoms with van der Waals surface area (Å²) in [4.78, 5) is 0. The highest BCUT2D eigenvalue weighted by Gasteiger charge is 2.42. The van der Waals surface area contributed by atoms with Crippen molar-refractivity contribution < 1.29 is 33.2 Å². The maximum absolute atomic E-state index is 6.17. The quantitative estimate of drug-likeness (QED) is 0.773. The highest BCUT2D eigenvalue weighted by atomic mass is 16.7. The summed E-state index contributed by atoms with van der Waals surface area (Å²) in [6.07, 6.45) is 0.565. The van der Waals surface area contributed by atoms with Crippen molar-refractivity contribution in [2.45, 2.75) is 25.0 Å². The lowest BCUT2D eigenvalue weighted by atomic mass is 9.82. The van der Waals surface area contributed by atoms with Crippen molar-refractivity contribution >= 4 is 0 Å². The van der Waals surface area contributed by atoms with Gasteiger partial charge in [-0.15, -0.1) is 0 Å². The summed E-state index contributed by atoms with van der Waals surface area (Å²) < 4.78 is 39.8. The fraction of sp³-hybridized carbons (Fsp3) is 0.429. The summed E-state index contributed by atoms with van der Waals surface area (Å²) in [5.74, 6) is 3.11. The van der Waals surface area contributed by atoms with Gasteiger partial charge in [-0.1, -0.05) is 0 Å². The number of methoxy groups -OCH3 is 4. The first-order chi connectivity index (χ1) is 13.5. The molecule has 150 valence electrons. The summed E-state index contributed by atoms with van der Waals surface area (Å²) in [5.41, 5.74) is 1.86. The van der Waals surface area contributed by atoms with Gasteiger partial charge in [0.05, 0.1) is 21.3 Å². The van der Waals surface area contributed by atoms with Crippen LogP contribution in [-0.4, -0.2) is 41.0 Å². The molecule has 0 fully saturated rings. The molecule has 7 nitrogen and oxygen atoms in total. The highest BCUT2D eigenvalue weighted by molar-refractivity contribution is 5.61. The first-order valence-corrected chi connectivity index (χ1v) is 8.99. The van der Waals surface area contributed by atoms with Crippen LogP contribution in [0.4, 0.5) is 0 Å². The van der Waals surface area contributed by atoms with E-state index in [4.69, 9.17) is 33.2 Å². The van der Waals surface area contributed by atoms with E-state index in [1.54, 1.807) is 28.4 Å². The normalized spacial score (nSPS) is 22.2. The minimum atomic E-state index is -0.818. The molecule has 0 bridgehead atoms. The standard InChI is InChI=1S/C21H24O7/c1-21(25-5)10-14(13-8-16-17(27-11-26-16)9-15(13)28-21)20-18(23-3)6-12(22-2)7-19(20)24-4/h6-9,14H,10-11H2,1-5H3/t14-,21+/m1/s1. The van der Waals surface area contributed by atoms with Gasteiger partial charge in [0, 0.05) is 55.7 Å². The first kappa shape index (κ1) is 18.6. The SMILES string of the molecule is COc1cc(OC)c([C@@H]2C[C@@](C)(OC)Oc3cc4c(cc32)OCO4)c(OC)c1. The van der Waals surface area contributed by atoms with Crippen LogP contribution in [0, 0.1) is 0 Å². The van der Waals surface area contributed by atoms with Gasteiger partial charge in [0.25, 0.3) is 0 Å². The monoisotopic (exact) mass is 388 g/mol. The van der Waals surface area contributed by atoms with E-state index in [1.807, 2.05) is 31.2 Å². The van der Waals surface area contributed by atoms with E-state index in [9.17, 15) is 0 Å². The van der Waals surface area contributed by atoms with E-state index < -0.39 is 5.79 Å². The zero-order chi connectivity index (χ0) is 19.9. The lowest BCUT2D eigenvalue weighted by molar-refractivity contribution is -0.163. The number of fused-ring (bicyclic) bond motifs is 2. The van der Waals surface area contributed by atoms with Crippen molar-refractivity contribution in [3.05, 3.63) is 35.4 Å². The van der Waals surface area contributed by atoms with Crippen molar-refractivity contribution in [3.8, 4) is 34.5 Å². The van der Waals surface area contributed by atoms with Gasteiger partial charge in [-0.25, -0.2) is 0 Å². The molecule has 0 saturated heterocycles. The summed E-state index contributed by atoms with van der Waals surface area (Å²) in [6.45, 7) is 2.11. The smallest absolute Gasteiger partial charge is 0.231 e. The zero-order valence-electron chi connectivity index (χ0n) is 16.7. The van der Waals surface area contributed by atoms with E-state index in [0.717, 1.165) is 11.1 Å². The van der Waals surface area contributed by atoms with Crippen molar-refractivity contribution in [3.63, 3.8) is 0 Å². The molecule has 0 aromatic heterocycles. The summed E-state index contributed by atoms with van der Waals surface area (Å²) in [5, 5.41) is 0. The van der Waals surface area contributed by atoms with Gasteiger partial charge in [-0.3, -0.25) is 0 Å². The third-order valence-electron chi connectivity index (χ3n) is 5.31. The van der Waals surface area contributed by atoms with Crippen LogP contribution >= 0.6 is 0 Å². The largest absolute Gasteiger partial charge is 0.496 e. The van der Waals surface area contributed by atoms with Gasteiger partial charge in [0.15, 0.2) is 11.5 Å². The molecule has 0 amide bonds. The molecule has 0 saturated carbocycles. The summed E-state index contributed by atoms with van der Waals surface area (Å²) in [7, 11) is 6.51. The average Bonchev–Trinajstić information content (AvgIpc) is 3.17. The minimum absolute atomic E-state index is 0.112. The third kappa shape index (κ3) is 2.96. The second kappa shape index (κ2) is 6.98. The molecule has 2 atom stereocenters. The Hall–Kier alpha value is -2.80. The van der Waals surface area contributed by atoms with Gasteiger partial charge >= 0.3 is 0 Å². The Labute approximate surface area is 164 Å². The van der Waals surface area contributed by atoms with Crippen LogP contribution in [0.25, 0.3) is 0 Å². The molecule has 0 unspecified atom stereocenters. The van der Waals surface area contributed by atoms with E-state index in [2.05, 4.69) is 0 Å². The maximum atomic E-state index is 6.17. The zero-order valence-corrected chi connectivity index (χ0v) is 16.7. The first-order valence-electron chi connectivity index (χ1n) is 8.99.